The molecular formula is C6H11NO. The Morgan fingerprint density at radius 3 is 2.75 bits per heavy atom. The highest BCUT2D eigenvalue weighted by atomic mass is 16.4. The maximum atomic E-state index is 7.94. The zero-order valence-corrected chi connectivity index (χ0v) is 5.26. The first-order valence-corrected chi connectivity index (χ1v) is 2.64. The zero-order valence-electron chi connectivity index (χ0n) is 5.26. The molecule has 0 amide bonds. The fourth-order valence-electron chi connectivity index (χ4n) is 0.278. The van der Waals surface area contributed by atoms with Crippen LogP contribution in [0.5, 0.6) is 0 Å². The molecule has 1 N–H and O–H groups in total. The van der Waals surface area contributed by atoms with E-state index in [9.17, 15) is 0 Å². The molecule has 2 heteroatoms. The number of oxime groups is 1. The van der Waals surface area contributed by atoms with E-state index in [0.717, 1.165) is 6.42 Å². The molecule has 0 aliphatic carbocycles. The lowest BCUT2D eigenvalue weighted by atomic mass is 10.2. The van der Waals surface area contributed by atoms with Crippen LogP contribution in [0.25, 0.3) is 0 Å². The SMILES string of the molecule is CC/C(C)=C\C=N/O. The van der Waals surface area contributed by atoms with Gasteiger partial charge in [-0.15, -0.1) is 0 Å². The first kappa shape index (κ1) is 7.21. The number of hydrogen-bond acceptors (Lipinski definition) is 2. The lowest BCUT2D eigenvalue weighted by Gasteiger charge is -1.86. The lowest BCUT2D eigenvalue weighted by molar-refractivity contribution is 0.322. The molecule has 0 saturated carbocycles. The average Bonchev–Trinajstić information content (AvgIpc) is 1.83. The van der Waals surface area contributed by atoms with E-state index in [1.165, 1.54) is 11.8 Å². The summed E-state index contributed by atoms with van der Waals surface area (Å²) in [5.74, 6) is 0. The van der Waals surface area contributed by atoms with Crippen molar-refractivity contribution in [2.45, 2.75) is 20.3 Å². The van der Waals surface area contributed by atoms with Gasteiger partial charge in [-0.2, -0.15) is 0 Å². The lowest BCUT2D eigenvalue weighted by Crippen LogP contribution is -1.71. The van der Waals surface area contributed by atoms with Gasteiger partial charge in [0.2, 0.25) is 0 Å². The van der Waals surface area contributed by atoms with Crippen molar-refractivity contribution < 1.29 is 5.21 Å². The highest BCUT2D eigenvalue weighted by molar-refractivity contribution is 5.71. The van der Waals surface area contributed by atoms with Crippen LogP contribution >= 0.6 is 0 Å². The van der Waals surface area contributed by atoms with E-state index in [2.05, 4.69) is 12.1 Å². The molecule has 0 spiro atoms. The Kier molecular flexibility index (Phi) is 3.94. The summed E-state index contributed by atoms with van der Waals surface area (Å²) in [6.07, 6.45) is 4.16. The number of rotatable bonds is 2. The Bertz CT molecular complexity index is 105. The quantitative estimate of drug-likeness (QED) is 0.330. The molecule has 0 fully saturated rings. The molecule has 0 aromatic carbocycles. The largest absolute Gasteiger partial charge is 0.411 e. The van der Waals surface area contributed by atoms with Crippen molar-refractivity contribution in [1.29, 1.82) is 0 Å². The Morgan fingerprint density at radius 1 is 1.75 bits per heavy atom. The third kappa shape index (κ3) is 3.40. The number of hydrogen-bond donors (Lipinski definition) is 1. The van der Waals surface area contributed by atoms with Crippen LogP contribution in [-0.2, 0) is 0 Å². The van der Waals surface area contributed by atoms with Crippen LogP contribution in [-0.4, -0.2) is 11.4 Å². The maximum absolute atomic E-state index is 7.94. The van der Waals surface area contributed by atoms with Crippen molar-refractivity contribution in [3.63, 3.8) is 0 Å². The molecule has 0 atom stereocenters. The van der Waals surface area contributed by atoms with E-state index >= 15 is 0 Å². The molecule has 0 radical (unpaired) electrons. The monoisotopic (exact) mass is 113 g/mol. The minimum atomic E-state index is 1.01. The first-order chi connectivity index (χ1) is 3.81. The van der Waals surface area contributed by atoms with Crippen molar-refractivity contribution in [2.24, 2.45) is 5.16 Å². The Morgan fingerprint density at radius 2 is 2.38 bits per heavy atom. The van der Waals surface area contributed by atoms with E-state index in [4.69, 9.17) is 5.21 Å². The van der Waals surface area contributed by atoms with Crippen LogP contribution in [0, 0.1) is 0 Å². The van der Waals surface area contributed by atoms with E-state index in [-0.39, 0.29) is 0 Å². The standard InChI is InChI=1S/C6H11NO/c1-3-6(2)4-5-7-8/h4-5,8H,3H2,1-2H3/b6-4-,7-5-. The van der Waals surface area contributed by atoms with Gasteiger partial charge >= 0.3 is 0 Å². The van der Waals surface area contributed by atoms with Crippen LogP contribution in [0.4, 0.5) is 0 Å². The maximum Gasteiger partial charge on any atom is 0.0660 e. The molecule has 0 aliphatic heterocycles. The summed E-state index contributed by atoms with van der Waals surface area (Å²) >= 11 is 0. The normalized spacial score (nSPS) is 13.0. The van der Waals surface area contributed by atoms with E-state index in [0.29, 0.717) is 0 Å². The van der Waals surface area contributed by atoms with Gasteiger partial charge in [0.1, 0.15) is 0 Å². The molecule has 2 nitrogen and oxygen atoms in total. The first-order valence-electron chi connectivity index (χ1n) is 2.64. The Balaban J connectivity index is 3.57. The second kappa shape index (κ2) is 4.37. The molecule has 8 heavy (non-hydrogen) atoms. The molecular weight excluding hydrogens is 102 g/mol. The minimum Gasteiger partial charge on any atom is -0.411 e. The van der Waals surface area contributed by atoms with Gasteiger partial charge in [-0.05, 0) is 19.4 Å². The topological polar surface area (TPSA) is 32.6 Å². The van der Waals surface area contributed by atoms with Crippen molar-refractivity contribution in [3.8, 4) is 0 Å². The van der Waals surface area contributed by atoms with Crippen molar-refractivity contribution in [1.82, 2.24) is 0 Å². The summed E-state index contributed by atoms with van der Waals surface area (Å²) in [7, 11) is 0. The Labute approximate surface area is 49.5 Å². The molecule has 0 unspecified atom stereocenters. The minimum absolute atomic E-state index is 1.01. The third-order valence-electron chi connectivity index (χ3n) is 0.983. The molecule has 0 aromatic heterocycles. The summed E-state index contributed by atoms with van der Waals surface area (Å²) in [6.45, 7) is 4.04. The summed E-state index contributed by atoms with van der Waals surface area (Å²) in [5, 5.41) is 10.8. The third-order valence-corrected chi connectivity index (χ3v) is 0.983. The molecule has 0 aromatic rings. The van der Waals surface area contributed by atoms with Crippen molar-refractivity contribution in [2.75, 3.05) is 0 Å². The van der Waals surface area contributed by atoms with Crippen molar-refractivity contribution in [3.05, 3.63) is 11.6 Å². The summed E-state index contributed by atoms with van der Waals surface area (Å²) in [6, 6.07) is 0. The molecule has 0 heterocycles. The van der Waals surface area contributed by atoms with Crippen molar-refractivity contribution >= 4 is 6.21 Å². The molecule has 0 bridgehead atoms. The number of allylic oxidation sites excluding steroid dienone is 2. The van der Waals surface area contributed by atoms with E-state index in [1.807, 2.05) is 6.92 Å². The second-order valence-electron chi connectivity index (χ2n) is 1.63. The van der Waals surface area contributed by atoms with Gasteiger partial charge in [-0.3, -0.25) is 0 Å². The Hall–Kier alpha value is -0.790. The summed E-state index contributed by atoms with van der Waals surface area (Å²) in [4.78, 5) is 0. The fourth-order valence-corrected chi connectivity index (χ4v) is 0.278. The van der Waals surface area contributed by atoms with Gasteiger partial charge < -0.3 is 5.21 Å². The summed E-state index contributed by atoms with van der Waals surface area (Å²) < 4.78 is 0. The van der Waals surface area contributed by atoms with Gasteiger partial charge in [-0.1, -0.05) is 17.7 Å². The predicted octanol–water partition coefficient (Wildman–Crippen LogP) is 1.80. The van der Waals surface area contributed by atoms with Gasteiger partial charge in [0, 0.05) is 0 Å². The van der Waals surface area contributed by atoms with Crippen LogP contribution < -0.4 is 0 Å². The van der Waals surface area contributed by atoms with Gasteiger partial charge in [0.15, 0.2) is 0 Å². The smallest absolute Gasteiger partial charge is 0.0660 e. The highest BCUT2D eigenvalue weighted by Crippen LogP contribution is 1.94. The van der Waals surface area contributed by atoms with Gasteiger partial charge in [0.25, 0.3) is 0 Å². The average molecular weight is 113 g/mol. The molecule has 0 rings (SSSR count). The van der Waals surface area contributed by atoms with Crippen LogP contribution in [0.3, 0.4) is 0 Å². The van der Waals surface area contributed by atoms with Crippen LogP contribution in [0.1, 0.15) is 20.3 Å². The highest BCUT2D eigenvalue weighted by Gasteiger charge is 1.76. The van der Waals surface area contributed by atoms with Crippen LogP contribution in [0.2, 0.25) is 0 Å². The molecule has 0 saturated heterocycles. The van der Waals surface area contributed by atoms with E-state index in [1.54, 1.807) is 6.08 Å². The van der Waals surface area contributed by atoms with Crippen LogP contribution in [0.15, 0.2) is 16.8 Å². The second-order valence-corrected chi connectivity index (χ2v) is 1.63. The van der Waals surface area contributed by atoms with E-state index < -0.39 is 0 Å². The predicted molar refractivity (Wildman–Crippen MR) is 34.3 cm³/mol. The number of nitrogens with zero attached hydrogens (tertiary/aromatic N) is 1. The summed E-state index contributed by atoms with van der Waals surface area (Å²) in [5.41, 5.74) is 1.21. The zero-order chi connectivity index (χ0) is 6.41. The molecule has 0 aliphatic rings. The molecule has 46 valence electrons. The van der Waals surface area contributed by atoms with Gasteiger partial charge in [0.05, 0.1) is 6.21 Å². The fraction of sp³-hybridized carbons (Fsp3) is 0.500. The van der Waals surface area contributed by atoms with Gasteiger partial charge in [-0.25, -0.2) is 0 Å².